The molecular formula is C14H12ClFN2O2. The SMILES string of the molecule is O=[N+]([O-])c1ccc(F)cc1CNCc1ccccc1Cl. The number of hydrogen-bond donors (Lipinski definition) is 1. The van der Waals surface area contributed by atoms with Gasteiger partial charge in [-0.05, 0) is 23.8 Å². The Balaban J connectivity index is 2.06. The molecule has 0 amide bonds. The minimum Gasteiger partial charge on any atom is -0.308 e. The molecule has 0 aliphatic carbocycles. The number of rotatable bonds is 5. The van der Waals surface area contributed by atoms with Gasteiger partial charge in [0.2, 0.25) is 0 Å². The fourth-order valence-electron chi connectivity index (χ4n) is 1.85. The molecule has 0 radical (unpaired) electrons. The lowest BCUT2D eigenvalue weighted by molar-refractivity contribution is -0.385. The molecule has 2 aromatic rings. The van der Waals surface area contributed by atoms with Gasteiger partial charge in [-0.2, -0.15) is 0 Å². The second-order valence-electron chi connectivity index (χ2n) is 4.23. The third-order valence-electron chi connectivity index (χ3n) is 2.83. The lowest BCUT2D eigenvalue weighted by Crippen LogP contribution is -2.14. The van der Waals surface area contributed by atoms with Gasteiger partial charge in [0, 0.05) is 29.7 Å². The maximum atomic E-state index is 13.2. The van der Waals surface area contributed by atoms with E-state index in [4.69, 9.17) is 11.6 Å². The van der Waals surface area contributed by atoms with Crippen LogP contribution in [0.25, 0.3) is 0 Å². The van der Waals surface area contributed by atoms with Gasteiger partial charge in [-0.1, -0.05) is 29.8 Å². The average molecular weight is 295 g/mol. The highest BCUT2D eigenvalue weighted by Crippen LogP contribution is 2.20. The van der Waals surface area contributed by atoms with Crippen molar-refractivity contribution in [3.8, 4) is 0 Å². The summed E-state index contributed by atoms with van der Waals surface area (Å²) in [7, 11) is 0. The van der Waals surface area contributed by atoms with Crippen LogP contribution in [0.5, 0.6) is 0 Å². The second-order valence-corrected chi connectivity index (χ2v) is 4.63. The lowest BCUT2D eigenvalue weighted by atomic mass is 10.1. The van der Waals surface area contributed by atoms with E-state index in [1.165, 1.54) is 6.07 Å². The number of nitrogens with zero attached hydrogens (tertiary/aromatic N) is 1. The van der Waals surface area contributed by atoms with E-state index in [1.807, 2.05) is 18.2 Å². The molecule has 0 bridgehead atoms. The van der Waals surface area contributed by atoms with Gasteiger partial charge in [0.1, 0.15) is 5.82 Å². The molecule has 0 heterocycles. The molecule has 0 aliphatic rings. The van der Waals surface area contributed by atoms with Gasteiger partial charge >= 0.3 is 0 Å². The molecule has 0 unspecified atom stereocenters. The maximum Gasteiger partial charge on any atom is 0.274 e. The highest BCUT2D eigenvalue weighted by Gasteiger charge is 2.13. The fraction of sp³-hybridized carbons (Fsp3) is 0.143. The Kier molecular flexibility index (Phi) is 4.65. The average Bonchev–Trinajstić information content (AvgIpc) is 2.41. The Hall–Kier alpha value is -1.98. The van der Waals surface area contributed by atoms with Gasteiger partial charge in [-0.25, -0.2) is 4.39 Å². The lowest BCUT2D eigenvalue weighted by Gasteiger charge is -2.07. The zero-order valence-electron chi connectivity index (χ0n) is 10.5. The molecule has 4 nitrogen and oxygen atoms in total. The summed E-state index contributed by atoms with van der Waals surface area (Å²) in [5, 5.41) is 14.5. The summed E-state index contributed by atoms with van der Waals surface area (Å²) >= 11 is 6.00. The van der Waals surface area contributed by atoms with Crippen molar-refractivity contribution in [3.63, 3.8) is 0 Å². The Morgan fingerprint density at radius 3 is 2.55 bits per heavy atom. The number of hydrogen-bond acceptors (Lipinski definition) is 3. The van der Waals surface area contributed by atoms with E-state index >= 15 is 0 Å². The molecule has 0 spiro atoms. The second kappa shape index (κ2) is 6.45. The summed E-state index contributed by atoms with van der Waals surface area (Å²) in [5.74, 6) is -0.495. The van der Waals surface area contributed by atoms with Crippen molar-refractivity contribution in [2.45, 2.75) is 13.1 Å². The summed E-state index contributed by atoms with van der Waals surface area (Å²) in [6, 6.07) is 10.7. The van der Waals surface area contributed by atoms with Crippen LogP contribution in [0, 0.1) is 15.9 Å². The molecule has 0 aromatic heterocycles. The molecule has 0 fully saturated rings. The Bertz CT molecular complexity index is 634. The van der Waals surface area contributed by atoms with Crippen molar-refractivity contribution in [1.82, 2.24) is 5.32 Å². The van der Waals surface area contributed by atoms with Gasteiger partial charge in [0.25, 0.3) is 5.69 Å². The molecule has 0 atom stereocenters. The van der Waals surface area contributed by atoms with E-state index in [9.17, 15) is 14.5 Å². The summed E-state index contributed by atoms with van der Waals surface area (Å²) < 4.78 is 13.2. The molecule has 2 aromatic carbocycles. The van der Waals surface area contributed by atoms with Gasteiger partial charge in [0.15, 0.2) is 0 Å². The van der Waals surface area contributed by atoms with Gasteiger partial charge in [0.05, 0.1) is 4.92 Å². The Labute approximate surface area is 120 Å². The Morgan fingerprint density at radius 1 is 1.15 bits per heavy atom. The minimum absolute atomic E-state index is 0.0990. The monoisotopic (exact) mass is 294 g/mol. The first-order valence-corrected chi connectivity index (χ1v) is 6.32. The minimum atomic E-state index is -0.522. The van der Waals surface area contributed by atoms with Gasteiger partial charge in [-0.15, -0.1) is 0 Å². The molecule has 0 saturated heterocycles. The highest BCUT2D eigenvalue weighted by molar-refractivity contribution is 6.31. The van der Waals surface area contributed by atoms with Crippen LogP contribution in [0.2, 0.25) is 5.02 Å². The maximum absolute atomic E-state index is 13.2. The molecule has 20 heavy (non-hydrogen) atoms. The summed E-state index contributed by atoms with van der Waals surface area (Å²) in [6.07, 6.45) is 0. The largest absolute Gasteiger partial charge is 0.308 e. The highest BCUT2D eigenvalue weighted by atomic mass is 35.5. The number of halogens is 2. The van der Waals surface area contributed by atoms with Crippen molar-refractivity contribution in [2.75, 3.05) is 0 Å². The summed E-state index contributed by atoms with van der Waals surface area (Å²) in [4.78, 5) is 10.3. The molecule has 0 saturated carbocycles. The predicted molar refractivity (Wildman–Crippen MR) is 75.1 cm³/mol. The van der Waals surface area contributed by atoms with E-state index in [1.54, 1.807) is 6.07 Å². The normalized spacial score (nSPS) is 10.5. The van der Waals surface area contributed by atoms with Crippen LogP contribution in [0.3, 0.4) is 0 Å². The van der Waals surface area contributed by atoms with E-state index in [2.05, 4.69) is 5.32 Å². The van der Waals surface area contributed by atoms with E-state index in [0.717, 1.165) is 17.7 Å². The van der Waals surface area contributed by atoms with Crippen LogP contribution >= 0.6 is 11.6 Å². The third-order valence-corrected chi connectivity index (χ3v) is 3.20. The molecule has 2 rings (SSSR count). The van der Waals surface area contributed by atoms with Crippen LogP contribution in [0.4, 0.5) is 10.1 Å². The first kappa shape index (κ1) is 14.4. The van der Waals surface area contributed by atoms with Crippen molar-refractivity contribution in [2.24, 2.45) is 0 Å². The zero-order chi connectivity index (χ0) is 14.5. The zero-order valence-corrected chi connectivity index (χ0v) is 11.2. The topological polar surface area (TPSA) is 55.2 Å². The van der Waals surface area contributed by atoms with Crippen LogP contribution < -0.4 is 5.32 Å². The quantitative estimate of drug-likeness (QED) is 0.676. The molecule has 0 aliphatic heterocycles. The number of benzene rings is 2. The predicted octanol–water partition coefficient (Wildman–Crippen LogP) is 3.68. The van der Waals surface area contributed by atoms with Crippen LogP contribution in [0.1, 0.15) is 11.1 Å². The molecular weight excluding hydrogens is 283 g/mol. The van der Waals surface area contributed by atoms with E-state index in [0.29, 0.717) is 17.1 Å². The first-order valence-electron chi connectivity index (χ1n) is 5.95. The Morgan fingerprint density at radius 2 is 1.85 bits per heavy atom. The van der Waals surface area contributed by atoms with E-state index in [-0.39, 0.29) is 12.2 Å². The smallest absolute Gasteiger partial charge is 0.274 e. The van der Waals surface area contributed by atoms with Crippen LogP contribution in [-0.4, -0.2) is 4.92 Å². The fourth-order valence-corrected chi connectivity index (χ4v) is 2.05. The third kappa shape index (κ3) is 3.53. The summed E-state index contributed by atoms with van der Waals surface area (Å²) in [5.41, 5.74) is 1.09. The number of nitrogens with one attached hydrogen (secondary N) is 1. The van der Waals surface area contributed by atoms with Crippen molar-refractivity contribution in [3.05, 3.63) is 74.5 Å². The van der Waals surface area contributed by atoms with Crippen molar-refractivity contribution in [1.29, 1.82) is 0 Å². The van der Waals surface area contributed by atoms with Gasteiger partial charge in [-0.3, -0.25) is 10.1 Å². The van der Waals surface area contributed by atoms with Crippen molar-refractivity contribution < 1.29 is 9.31 Å². The number of nitro benzene ring substituents is 1. The summed E-state index contributed by atoms with van der Waals surface area (Å²) in [6.45, 7) is 0.645. The first-order chi connectivity index (χ1) is 9.58. The molecule has 6 heteroatoms. The number of nitro groups is 1. The van der Waals surface area contributed by atoms with Crippen molar-refractivity contribution >= 4 is 17.3 Å². The van der Waals surface area contributed by atoms with E-state index < -0.39 is 10.7 Å². The standard InChI is InChI=1S/C14H12ClFN2O2/c15-13-4-2-1-3-10(13)8-17-9-11-7-12(16)5-6-14(11)18(19)20/h1-7,17H,8-9H2. The molecule has 1 N–H and O–H groups in total. The van der Waals surface area contributed by atoms with Gasteiger partial charge < -0.3 is 5.32 Å². The molecule has 104 valence electrons. The van der Waals surface area contributed by atoms with Crippen LogP contribution in [-0.2, 0) is 13.1 Å². The van der Waals surface area contributed by atoms with Crippen LogP contribution in [0.15, 0.2) is 42.5 Å².